The molecule has 0 spiro atoms. The van der Waals surface area contributed by atoms with E-state index in [9.17, 15) is 26.3 Å². The van der Waals surface area contributed by atoms with Crippen molar-refractivity contribution in [1.82, 2.24) is 9.97 Å². The second kappa shape index (κ2) is 5.94. The molecule has 130 valence electrons. The van der Waals surface area contributed by atoms with Crippen molar-refractivity contribution < 1.29 is 26.3 Å². The van der Waals surface area contributed by atoms with Crippen molar-refractivity contribution in [2.75, 3.05) is 0 Å². The molecule has 0 atom stereocenters. The Balaban J connectivity index is 1.96. The molecule has 0 saturated carbocycles. The van der Waals surface area contributed by atoms with Gasteiger partial charge in [-0.1, -0.05) is 24.3 Å². The molecule has 0 aliphatic rings. The summed E-state index contributed by atoms with van der Waals surface area (Å²) in [5.74, 6) is 0.138. The first-order valence-electron chi connectivity index (χ1n) is 7.05. The number of hydrogen-bond donors (Lipinski definition) is 1. The highest BCUT2D eigenvalue weighted by Gasteiger charge is 2.31. The zero-order valence-electron chi connectivity index (χ0n) is 12.4. The predicted octanol–water partition coefficient (Wildman–Crippen LogP) is 5.78. The van der Waals surface area contributed by atoms with Gasteiger partial charge in [-0.25, -0.2) is 4.98 Å². The molecule has 0 fully saturated rings. The van der Waals surface area contributed by atoms with E-state index in [1.54, 1.807) is 0 Å². The molecule has 0 radical (unpaired) electrons. The van der Waals surface area contributed by atoms with E-state index in [4.69, 9.17) is 0 Å². The van der Waals surface area contributed by atoms with Crippen LogP contribution in [0, 0.1) is 0 Å². The van der Waals surface area contributed by atoms with Crippen LogP contribution in [0.4, 0.5) is 26.3 Å². The lowest BCUT2D eigenvalue weighted by molar-refractivity contribution is -0.138. The highest BCUT2D eigenvalue weighted by molar-refractivity contribution is 5.65. The first-order chi connectivity index (χ1) is 11.6. The summed E-state index contributed by atoms with van der Waals surface area (Å²) in [5.41, 5.74) is -0.950. The Morgan fingerprint density at radius 1 is 0.720 bits per heavy atom. The normalized spacial score (nSPS) is 12.4. The molecule has 0 saturated heterocycles. The van der Waals surface area contributed by atoms with Gasteiger partial charge in [-0.2, -0.15) is 26.3 Å². The average Bonchev–Trinajstić information content (AvgIpc) is 3.04. The molecular formula is C17H10F6N2. The van der Waals surface area contributed by atoms with E-state index in [2.05, 4.69) is 9.97 Å². The minimum absolute atomic E-state index is 0.138. The third-order valence-corrected chi connectivity index (χ3v) is 3.54. The van der Waals surface area contributed by atoms with Crippen LogP contribution in [0.2, 0.25) is 0 Å². The lowest BCUT2D eigenvalue weighted by Crippen LogP contribution is -2.04. The van der Waals surface area contributed by atoms with Gasteiger partial charge in [0.1, 0.15) is 5.82 Å². The number of nitrogens with one attached hydrogen (secondary N) is 1. The number of halogens is 6. The average molecular weight is 356 g/mol. The summed E-state index contributed by atoms with van der Waals surface area (Å²) >= 11 is 0. The number of alkyl halides is 6. The number of rotatable bonds is 2. The Kier molecular flexibility index (Phi) is 4.06. The van der Waals surface area contributed by atoms with E-state index in [0.29, 0.717) is 0 Å². The molecule has 2 aromatic carbocycles. The number of imidazole rings is 1. The van der Waals surface area contributed by atoms with Crippen LogP contribution in [0.3, 0.4) is 0 Å². The van der Waals surface area contributed by atoms with Gasteiger partial charge in [-0.05, 0) is 24.3 Å². The van der Waals surface area contributed by atoms with Gasteiger partial charge in [-0.3, -0.25) is 0 Å². The van der Waals surface area contributed by atoms with Gasteiger partial charge in [-0.15, -0.1) is 0 Å². The van der Waals surface area contributed by atoms with Crippen molar-refractivity contribution in [3.8, 4) is 22.6 Å². The monoisotopic (exact) mass is 356 g/mol. The minimum atomic E-state index is -4.49. The van der Waals surface area contributed by atoms with Crippen LogP contribution in [0.15, 0.2) is 54.7 Å². The van der Waals surface area contributed by atoms with E-state index >= 15 is 0 Å². The van der Waals surface area contributed by atoms with Crippen LogP contribution in [-0.2, 0) is 12.4 Å². The van der Waals surface area contributed by atoms with Gasteiger partial charge < -0.3 is 4.98 Å². The van der Waals surface area contributed by atoms with Crippen LogP contribution in [0.5, 0.6) is 0 Å². The molecule has 0 bridgehead atoms. The summed E-state index contributed by atoms with van der Waals surface area (Å²) in [7, 11) is 0. The van der Waals surface area contributed by atoms with Crippen LogP contribution < -0.4 is 0 Å². The van der Waals surface area contributed by atoms with Crippen LogP contribution in [0.25, 0.3) is 22.6 Å². The second-order valence-electron chi connectivity index (χ2n) is 5.30. The van der Waals surface area contributed by atoms with Gasteiger partial charge in [0.15, 0.2) is 0 Å². The number of nitrogens with zero attached hydrogens (tertiary/aromatic N) is 1. The van der Waals surface area contributed by atoms with Crippen molar-refractivity contribution in [3.05, 3.63) is 65.9 Å². The Bertz CT molecular complexity index is 820. The molecule has 0 unspecified atom stereocenters. The van der Waals surface area contributed by atoms with Gasteiger partial charge >= 0.3 is 12.4 Å². The smallest absolute Gasteiger partial charge is 0.338 e. The van der Waals surface area contributed by atoms with E-state index in [-0.39, 0.29) is 22.6 Å². The topological polar surface area (TPSA) is 28.7 Å². The summed E-state index contributed by atoms with van der Waals surface area (Å²) in [6.45, 7) is 0. The highest BCUT2D eigenvalue weighted by Crippen LogP contribution is 2.33. The zero-order valence-corrected chi connectivity index (χ0v) is 12.4. The van der Waals surface area contributed by atoms with Crippen LogP contribution in [-0.4, -0.2) is 9.97 Å². The van der Waals surface area contributed by atoms with E-state index in [1.165, 1.54) is 30.5 Å². The summed E-state index contributed by atoms with van der Waals surface area (Å²) in [5, 5.41) is 0. The molecule has 0 aliphatic carbocycles. The summed E-state index contributed by atoms with van der Waals surface area (Å²) in [4.78, 5) is 6.73. The lowest BCUT2D eigenvalue weighted by atomic mass is 10.1. The first-order valence-corrected chi connectivity index (χ1v) is 7.05. The Hall–Kier alpha value is -2.77. The van der Waals surface area contributed by atoms with E-state index in [0.717, 1.165) is 24.3 Å². The Labute approximate surface area is 138 Å². The molecule has 1 aromatic heterocycles. The molecule has 0 amide bonds. The summed E-state index contributed by atoms with van der Waals surface area (Å²) < 4.78 is 76.7. The molecule has 8 heteroatoms. The highest BCUT2D eigenvalue weighted by atomic mass is 19.4. The third kappa shape index (κ3) is 3.67. The maximum atomic E-state index is 12.8. The SMILES string of the molecule is FC(F)(F)c1cccc(-c2cnc(-c3cccc(C(F)(F)F)c3)[nH]2)c1. The Morgan fingerprint density at radius 3 is 1.80 bits per heavy atom. The Morgan fingerprint density at radius 2 is 1.24 bits per heavy atom. The quantitative estimate of drug-likeness (QED) is 0.579. The zero-order chi connectivity index (χ0) is 18.2. The third-order valence-electron chi connectivity index (χ3n) is 3.54. The van der Waals surface area contributed by atoms with Gasteiger partial charge in [0.05, 0.1) is 23.0 Å². The van der Waals surface area contributed by atoms with Crippen LogP contribution in [0.1, 0.15) is 11.1 Å². The van der Waals surface area contributed by atoms with Gasteiger partial charge in [0.25, 0.3) is 0 Å². The number of benzene rings is 2. The number of hydrogen-bond acceptors (Lipinski definition) is 1. The maximum absolute atomic E-state index is 12.8. The van der Waals surface area contributed by atoms with Crippen molar-refractivity contribution in [1.29, 1.82) is 0 Å². The second-order valence-corrected chi connectivity index (χ2v) is 5.30. The standard InChI is InChI=1S/C17H10F6N2/c18-16(19,20)12-5-1-3-10(7-12)14-9-24-15(25-14)11-4-2-6-13(8-11)17(21,22)23/h1-9H,(H,24,25). The van der Waals surface area contributed by atoms with E-state index < -0.39 is 23.5 Å². The number of aromatic amines is 1. The van der Waals surface area contributed by atoms with Crippen molar-refractivity contribution in [2.24, 2.45) is 0 Å². The van der Waals surface area contributed by atoms with Gasteiger partial charge in [0, 0.05) is 11.1 Å². The summed E-state index contributed by atoms with van der Waals surface area (Å²) in [6, 6.07) is 9.13. The molecule has 3 rings (SSSR count). The first kappa shape index (κ1) is 17.1. The number of aromatic nitrogens is 2. The fourth-order valence-corrected chi connectivity index (χ4v) is 2.32. The molecule has 0 aliphatic heterocycles. The fourth-order valence-electron chi connectivity index (χ4n) is 2.32. The van der Waals surface area contributed by atoms with Crippen molar-refractivity contribution in [3.63, 3.8) is 0 Å². The van der Waals surface area contributed by atoms with Crippen LogP contribution >= 0.6 is 0 Å². The molecular weight excluding hydrogens is 346 g/mol. The minimum Gasteiger partial charge on any atom is -0.338 e. The lowest BCUT2D eigenvalue weighted by Gasteiger charge is -2.08. The van der Waals surface area contributed by atoms with E-state index in [1.807, 2.05) is 0 Å². The van der Waals surface area contributed by atoms with Gasteiger partial charge in [0.2, 0.25) is 0 Å². The number of H-pyrrole nitrogens is 1. The fraction of sp³-hybridized carbons (Fsp3) is 0.118. The van der Waals surface area contributed by atoms with Crippen molar-refractivity contribution in [2.45, 2.75) is 12.4 Å². The molecule has 1 heterocycles. The summed E-state index contributed by atoms with van der Waals surface area (Å²) in [6.07, 6.45) is -7.70. The predicted molar refractivity (Wildman–Crippen MR) is 79.5 cm³/mol. The van der Waals surface area contributed by atoms with Crippen molar-refractivity contribution >= 4 is 0 Å². The maximum Gasteiger partial charge on any atom is 0.416 e. The molecule has 3 aromatic rings. The molecule has 2 nitrogen and oxygen atoms in total. The largest absolute Gasteiger partial charge is 0.416 e. The molecule has 25 heavy (non-hydrogen) atoms. The molecule has 1 N–H and O–H groups in total.